The number of phenols is 1. The molecule has 2 amide bonds. The first kappa shape index (κ1) is 27.3. The summed E-state index contributed by atoms with van der Waals surface area (Å²) in [6, 6.07) is 13.4. The van der Waals surface area contributed by atoms with E-state index in [0.717, 1.165) is 36.8 Å². The number of hydrogen-bond donors (Lipinski definition) is 2. The molecule has 1 atom stereocenters. The number of nitrogens with zero attached hydrogens (tertiary/aromatic N) is 5. The molecule has 38 heavy (non-hydrogen) atoms. The van der Waals surface area contributed by atoms with Crippen LogP contribution in [-0.2, 0) is 20.9 Å². The lowest BCUT2D eigenvalue weighted by Crippen LogP contribution is -2.47. The number of tetrazole rings is 1. The van der Waals surface area contributed by atoms with Gasteiger partial charge < -0.3 is 20.1 Å². The predicted octanol–water partition coefficient (Wildman–Crippen LogP) is 3.41. The molecule has 4 rings (SSSR count). The highest BCUT2D eigenvalue weighted by Gasteiger charge is 2.33. The van der Waals surface area contributed by atoms with Crippen LogP contribution < -0.4 is 5.32 Å². The number of carbonyl (C=O) groups is 2. The van der Waals surface area contributed by atoms with Gasteiger partial charge in [-0.25, -0.2) is 0 Å². The first-order valence-corrected chi connectivity index (χ1v) is 13.3. The van der Waals surface area contributed by atoms with E-state index in [4.69, 9.17) is 4.74 Å². The highest BCUT2D eigenvalue weighted by Crippen LogP contribution is 2.26. The molecule has 10 nitrogen and oxygen atoms in total. The Bertz CT molecular complexity index is 1190. The summed E-state index contributed by atoms with van der Waals surface area (Å²) in [6.07, 6.45) is 4.57. The maximum absolute atomic E-state index is 13.7. The SMILES string of the molecule is CCOCCCN(C(=O)Cn1nnc(-c2ccc(C)cc2)n1)[C@@H](C(=O)NC1CCCC1)c1ccc(O)cc1. The molecule has 0 spiro atoms. The molecule has 2 N–H and O–H groups in total. The Balaban J connectivity index is 1.58. The number of rotatable bonds is 12. The van der Waals surface area contributed by atoms with Crippen molar-refractivity contribution in [1.29, 1.82) is 0 Å². The minimum absolute atomic E-state index is 0.0911. The Morgan fingerprint density at radius 2 is 1.84 bits per heavy atom. The predicted molar refractivity (Wildman–Crippen MR) is 142 cm³/mol. The lowest BCUT2D eigenvalue weighted by Gasteiger charge is -2.32. The molecule has 10 heteroatoms. The Kier molecular flexibility index (Phi) is 9.42. The smallest absolute Gasteiger partial charge is 0.247 e. The molecule has 1 aliphatic rings. The largest absolute Gasteiger partial charge is 0.508 e. The van der Waals surface area contributed by atoms with Crippen LogP contribution in [0, 0.1) is 6.92 Å². The van der Waals surface area contributed by atoms with Gasteiger partial charge in [0.1, 0.15) is 18.3 Å². The highest BCUT2D eigenvalue weighted by molar-refractivity contribution is 5.89. The summed E-state index contributed by atoms with van der Waals surface area (Å²) in [7, 11) is 0. The van der Waals surface area contributed by atoms with Crippen LogP contribution in [0.5, 0.6) is 5.75 Å². The van der Waals surface area contributed by atoms with Crippen molar-refractivity contribution >= 4 is 11.8 Å². The summed E-state index contributed by atoms with van der Waals surface area (Å²) in [4.78, 5) is 30.2. The quantitative estimate of drug-likeness (QED) is 0.351. The van der Waals surface area contributed by atoms with Gasteiger partial charge in [0.25, 0.3) is 0 Å². The summed E-state index contributed by atoms with van der Waals surface area (Å²) in [5.74, 6) is -0.0311. The van der Waals surface area contributed by atoms with Crippen molar-refractivity contribution in [3.05, 3.63) is 59.7 Å². The van der Waals surface area contributed by atoms with E-state index in [2.05, 4.69) is 20.7 Å². The first-order chi connectivity index (χ1) is 18.4. The molecule has 1 aliphatic carbocycles. The van der Waals surface area contributed by atoms with Crippen molar-refractivity contribution in [3.63, 3.8) is 0 Å². The second kappa shape index (κ2) is 13.1. The number of aromatic hydroxyl groups is 1. The maximum atomic E-state index is 13.7. The average Bonchev–Trinajstić information content (AvgIpc) is 3.59. The lowest BCUT2D eigenvalue weighted by atomic mass is 10.0. The normalized spacial score (nSPS) is 14.4. The molecule has 3 aromatic rings. The monoisotopic (exact) mass is 520 g/mol. The minimum atomic E-state index is -0.870. The van der Waals surface area contributed by atoms with Gasteiger partial charge >= 0.3 is 0 Å². The van der Waals surface area contributed by atoms with Gasteiger partial charge in [0.05, 0.1) is 0 Å². The molecule has 1 fully saturated rings. The fourth-order valence-corrected chi connectivity index (χ4v) is 4.70. The van der Waals surface area contributed by atoms with Gasteiger partial charge in [-0.1, -0.05) is 54.8 Å². The van der Waals surface area contributed by atoms with E-state index < -0.39 is 6.04 Å². The van der Waals surface area contributed by atoms with Crippen LogP contribution in [0.2, 0.25) is 0 Å². The van der Waals surface area contributed by atoms with Crippen LogP contribution in [-0.4, -0.2) is 67.8 Å². The highest BCUT2D eigenvalue weighted by atomic mass is 16.5. The Labute approximate surface area is 223 Å². The Morgan fingerprint density at radius 1 is 1.13 bits per heavy atom. The van der Waals surface area contributed by atoms with Crippen LogP contribution in [0.4, 0.5) is 0 Å². The van der Waals surface area contributed by atoms with Gasteiger partial charge in [0, 0.05) is 31.4 Å². The van der Waals surface area contributed by atoms with E-state index in [1.54, 1.807) is 17.0 Å². The van der Waals surface area contributed by atoms with Crippen molar-refractivity contribution in [2.24, 2.45) is 0 Å². The minimum Gasteiger partial charge on any atom is -0.508 e. The third-order valence-electron chi connectivity index (χ3n) is 6.72. The number of aryl methyl sites for hydroxylation is 1. The fraction of sp³-hybridized carbons (Fsp3) is 0.464. The summed E-state index contributed by atoms with van der Waals surface area (Å²) >= 11 is 0. The van der Waals surface area contributed by atoms with Gasteiger partial charge in [-0.3, -0.25) is 9.59 Å². The molecule has 0 saturated heterocycles. The Morgan fingerprint density at radius 3 is 2.53 bits per heavy atom. The van der Waals surface area contributed by atoms with Crippen molar-refractivity contribution in [2.75, 3.05) is 19.8 Å². The second-order valence-electron chi connectivity index (χ2n) is 9.63. The number of carbonyl (C=O) groups excluding carboxylic acids is 2. The van der Waals surface area contributed by atoms with Gasteiger partial charge in [-0.15, -0.1) is 10.2 Å². The van der Waals surface area contributed by atoms with Crippen LogP contribution in [0.25, 0.3) is 11.4 Å². The van der Waals surface area contributed by atoms with Gasteiger partial charge in [-0.2, -0.15) is 4.80 Å². The van der Waals surface area contributed by atoms with Gasteiger partial charge in [-0.05, 0) is 56.0 Å². The number of nitrogens with one attached hydrogen (secondary N) is 1. The first-order valence-electron chi connectivity index (χ1n) is 13.3. The van der Waals surface area contributed by atoms with E-state index in [9.17, 15) is 14.7 Å². The molecule has 2 aromatic carbocycles. The van der Waals surface area contributed by atoms with Crippen LogP contribution in [0.1, 0.15) is 56.2 Å². The fourth-order valence-electron chi connectivity index (χ4n) is 4.70. The third kappa shape index (κ3) is 7.16. The molecule has 0 radical (unpaired) electrons. The van der Waals surface area contributed by atoms with Crippen LogP contribution in [0.3, 0.4) is 0 Å². The van der Waals surface area contributed by atoms with Crippen LogP contribution in [0.15, 0.2) is 48.5 Å². The topological polar surface area (TPSA) is 122 Å². The van der Waals surface area contributed by atoms with E-state index in [1.807, 2.05) is 38.1 Å². The van der Waals surface area contributed by atoms with Crippen molar-refractivity contribution < 1.29 is 19.4 Å². The molecule has 0 unspecified atom stereocenters. The zero-order valence-electron chi connectivity index (χ0n) is 22.0. The zero-order valence-corrected chi connectivity index (χ0v) is 22.0. The van der Waals surface area contributed by atoms with Crippen LogP contribution >= 0.6 is 0 Å². The standard InChI is InChI=1S/C28H36N6O4/c1-3-38-18-6-17-33(25(36)19-34-31-27(30-32-34)22-11-9-20(2)10-12-22)26(21-13-15-24(35)16-14-21)28(37)29-23-7-4-5-8-23/h9-16,23,26,35H,3-8,17-19H2,1-2H3,(H,29,37)/t26-/m1/s1. The molecule has 202 valence electrons. The lowest BCUT2D eigenvalue weighted by molar-refractivity contribution is -0.142. The van der Waals surface area contributed by atoms with E-state index in [1.165, 1.54) is 16.9 Å². The van der Waals surface area contributed by atoms with Crippen molar-refractivity contribution in [1.82, 2.24) is 30.4 Å². The summed E-state index contributed by atoms with van der Waals surface area (Å²) in [5.41, 5.74) is 2.55. The number of ether oxygens (including phenoxy) is 1. The molecule has 1 heterocycles. The Hall–Kier alpha value is -3.79. The van der Waals surface area contributed by atoms with E-state index >= 15 is 0 Å². The van der Waals surface area contributed by atoms with Crippen molar-refractivity contribution in [2.45, 2.75) is 64.6 Å². The number of hydrogen-bond acceptors (Lipinski definition) is 7. The molecular weight excluding hydrogens is 484 g/mol. The molecule has 1 aromatic heterocycles. The van der Waals surface area contributed by atoms with Crippen molar-refractivity contribution in [3.8, 4) is 17.1 Å². The molecule has 1 saturated carbocycles. The summed E-state index contributed by atoms with van der Waals surface area (Å²) in [5, 5.41) is 25.6. The van der Waals surface area contributed by atoms with Gasteiger partial charge in [0.2, 0.25) is 17.6 Å². The molecular formula is C28H36N6O4. The number of benzene rings is 2. The van der Waals surface area contributed by atoms with E-state index in [-0.39, 0.29) is 30.2 Å². The second-order valence-corrected chi connectivity index (χ2v) is 9.63. The number of phenolic OH excluding ortho intramolecular Hbond substituents is 1. The maximum Gasteiger partial charge on any atom is 0.247 e. The third-order valence-corrected chi connectivity index (χ3v) is 6.72. The summed E-state index contributed by atoms with van der Waals surface area (Å²) < 4.78 is 5.50. The number of amides is 2. The average molecular weight is 521 g/mol. The van der Waals surface area contributed by atoms with E-state index in [0.29, 0.717) is 37.6 Å². The summed E-state index contributed by atoms with van der Waals surface area (Å²) in [6.45, 7) is 5.09. The number of aromatic nitrogens is 4. The van der Waals surface area contributed by atoms with Gasteiger partial charge in [0.15, 0.2) is 0 Å². The zero-order chi connectivity index (χ0) is 26.9. The molecule has 0 aliphatic heterocycles. The molecule has 0 bridgehead atoms.